The first-order chi connectivity index (χ1) is 7.40. The van der Waals surface area contributed by atoms with Gasteiger partial charge >= 0.3 is 0 Å². The van der Waals surface area contributed by atoms with Crippen molar-refractivity contribution in [2.45, 2.75) is 12.8 Å². The number of pyridine rings is 1. The first-order valence-corrected chi connectivity index (χ1v) is 5.04. The van der Waals surface area contributed by atoms with Crippen molar-refractivity contribution >= 4 is 0 Å². The lowest BCUT2D eigenvalue weighted by atomic mass is 10.2. The molecule has 0 spiro atoms. The SMILES string of the molecule is NCCCc1cnc(-c2ccncc2)[nH]1. The Labute approximate surface area is 88.6 Å². The van der Waals surface area contributed by atoms with Gasteiger partial charge in [-0.05, 0) is 31.5 Å². The van der Waals surface area contributed by atoms with E-state index >= 15 is 0 Å². The quantitative estimate of drug-likeness (QED) is 0.786. The summed E-state index contributed by atoms with van der Waals surface area (Å²) in [6, 6.07) is 3.87. The molecule has 0 aliphatic rings. The number of nitrogens with zero attached hydrogens (tertiary/aromatic N) is 2. The normalized spacial score (nSPS) is 10.5. The molecule has 2 aromatic heterocycles. The molecular formula is C11H14N4. The molecule has 0 aliphatic carbocycles. The van der Waals surface area contributed by atoms with E-state index < -0.39 is 0 Å². The molecule has 78 valence electrons. The monoisotopic (exact) mass is 202 g/mol. The molecular weight excluding hydrogens is 188 g/mol. The van der Waals surface area contributed by atoms with Crippen molar-refractivity contribution in [3.63, 3.8) is 0 Å². The minimum atomic E-state index is 0.712. The molecule has 0 aliphatic heterocycles. The van der Waals surface area contributed by atoms with Crippen LogP contribution in [0.3, 0.4) is 0 Å². The molecule has 0 radical (unpaired) electrons. The van der Waals surface area contributed by atoms with Crippen molar-refractivity contribution in [2.75, 3.05) is 6.54 Å². The fraction of sp³-hybridized carbons (Fsp3) is 0.273. The van der Waals surface area contributed by atoms with Crippen LogP contribution in [0.15, 0.2) is 30.7 Å². The summed E-state index contributed by atoms with van der Waals surface area (Å²) in [6.45, 7) is 0.712. The van der Waals surface area contributed by atoms with Gasteiger partial charge in [0.25, 0.3) is 0 Å². The highest BCUT2D eigenvalue weighted by Gasteiger charge is 2.02. The van der Waals surface area contributed by atoms with E-state index in [9.17, 15) is 0 Å². The number of aromatic amines is 1. The molecule has 0 aromatic carbocycles. The molecule has 0 saturated heterocycles. The van der Waals surface area contributed by atoms with Gasteiger partial charge < -0.3 is 10.7 Å². The maximum atomic E-state index is 5.45. The number of hydrogen-bond donors (Lipinski definition) is 2. The Balaban J connectivity index is 2.14. The Morgan fingerprint density at radius 1 is 1.27 bits per heavy atom. The Bertz CT molecular complexity index is 408. The van der Waals surface area contributed by atoms with E-state index in [-0.39, 0.29) is 0 Å². The van der Waals surface area contributed by atoms with Crippen LogP contribution in [0.25, 0.3) is 11.4 Å². The van der Waals surface area contributed by atoms with Gasteiger partial charge in [-0.1, -0.05) is 0 Å². The number of aryl methyl sites for hydroxylation is 1. The standard InChI is InChI=1S/C11H14N4/c12-5-1-2-10-8-14-11(15-10)9-3-6-13-7-4-9/h3-4,6-8H,1-2,5,12H2,(H,14,15). The van der Waals surface area contributed by atoms with Crippen LogP contribution >= 0.6 is 0 Å². The number of nitrogens with two attached hydrogens (primary N) is 1. The lowest BCUT2D eigenvalue weighted by Crippen LogP contribution is -2.00. The van der Waals surface area contributed by atoms with Crippen molar-refractivity contribution < 1.29 is 0 Å². The van der Waals surface area contributed by atoms with E-state index in [0.29, 0.717) is 6.54 Å². The lowest BCUT2D eigenvalue weighted by molar-refractivity contribution is 0.816. The molecule has 0 bridgehead atoms. The average Bonchev–Trinajstić information content (AvgIpc) is 2.76. The highest BCUT2D eigenvalue weighted by atomic mass is 14.9. The zero-order valence-corrected chi connectivity index (χ0v) is 8.48. The molecule has 4 heteroatoms. The van der Waals surface area contributed by atoms with E-state index in [0.717, 1.165) is 29.9 Å². The molecule has 3 N–H and O–H groups in total. The van der Waals surface area contributed by atoms with Crippen molar-refractivity contribution in [3.8, 4) is 11.4 Å². The molecule has 2 rings (SSSR count). The van der Waals surface area contributed by atoms with Crippen molar-refractivity contribution in [2.24, 2.45) is 5.73 Å². The summed E-state index contributed by atoms with van der Waals surface area (Å²) in [4.78, 5) is 11.6. The van der Waals surface area contributed by atoms with Gasteiger partial charge in [0.1, 0.15) is 5.82 Å². The zero-order chi connectivity index (χ0) is 10.5. The number of nitrogens with one attached hydrogen (secondary N) is 1. The van der Waals surface area contributed by atoms with Crippen molar-refractivity contribution in [3.05, 3.63) is 36.4 Å². The van der Waals surface area contributed by atoms with Gasteiger partial charge in [0.2, 0.25) is 0 Å². The number of H-pyrrole nitrogens is 1. The van der Waals surface area contributed by atoms with Gasteiger partial charge in [-0.25, -0.2) is 4.98 Å². The molecule has 0 atom stereocenters. The van der Waals surface area contributed by atoms with E-state index in [2.05, 4.69) is 15.0 Å². The molecule has 2 aromatic rings. The number of imidazole rings is 1. The predicted octanol–water partition coefficient (Wildman–Crippen LogP) is 1.36. The summed E-state index contributed by atoms with van der Waals surface area (Å²) in [6.07, 6.45) is 7.33. The van der Waals surface area contributed by atoms with Crippen molar-refractivity contribution in [1.29, 1.82) is 0 Å². The maximum absolute atomic E-state index is 5.45. The van der Waals surface area contributed by atoms with Gasteiger partial charge in [-0.15, -0.1) is 0 Å². The molecule has 0 saturated carbocycles. The minimum absolute atomic E-state index is 0.712. The van der Waals surface area contributed by atoms with E-state index in [1.807, 2.05) is 18.3 Å². The highest BCUT2D eigenvalue weighted by molar-refractivity contribution is 5.53. The third-order valence-corrected chi connectivity index (χ3v) is 2.23. The molecule has 0 fully saturated rings. The van der Waals surface area contributed by atoms with E-state index in [1.165, 1.54) is 0 Å². The second kappa shape index (κ2) is 4.70. The summed E-state index contributed by atoms with van der Waals surface area (Å²) in [5.74, 6) is 0.893. The first kappa shape index (κ1) is 9.86. The molecule has 0 unspecified atom stereocenters. The predicted molar refractivity (Wildman–Crippen MR) is 59.2 cm³/mol. The minimum Gasteiger partial charge on any atom is -0.342 e. The first-order valence-electron chi connectivity index (χ1n) is 5.04. The van der Waals surface area contributed by atoms with Gasteiger partial charge in [0, 0.05) is 29.8 Å². The van der Waals surface area contributed by atoms with Crippen LogP contribution in [0.1, 0.15) is 12.1 Å². The summed E-state index contributed by atoms with van der Waals surface area (Å²) >= 11 is 0. The van der Waals surface area contributed by atoms with Crippen LogP contribution in [0, 0.1) is 0 Å². The van der Waals surface area contributed by atoms with E-state index in [1.54, 1.807) is 12.4 Å². The number of aromatic nitrogens is 3. The molecule has 0 amide bonds. The zero-order valence-electron chi connectivity index (χ0n) is 8.48. The van der Waals surface area contributed by atoms with Gasteiger partial charge in [-0.3, -0.25) is 4.98 Å². The number of rotatable bonds is 4. The summed E-state index contributed by atoms with van der Waals surface area (Å²) in [7, 11) is 0. The molecule has 15 heavy (non-hydrogen) atoms. The maximum Gasteiger partial charge on any atom is 0.137 e. The van der Waals surface area contributed by atoms with Gasteiger partial charge in [0.15, 0.2) is 0 Å². The highest BCUT2D eigenvalue weighted by Crippen LogP contribution is 2.14. The van der Waals surface area contributed by atoms with Crippen molar-refractivity contribution in [1.82, 2.24) is 15.0 Å². The largest absolute Gasteiger partial charge is 0.342 e. The average molecular weight is 202 g/mol. The summed E-state index contributed by atoms with van der Waals surface area (Å²) in [5, 5.41) is 0. The topological polar surface area (TPSA) is 67.6 Å². The summed E-state index contributed by atoms with van der Waals surface area (Å²) in [5.41, 5.74) is 7.64. The van der Waals surface area contributed by atoms with Gasteiger partial charge in [-0.2, -0.15) is 0 Å². The van der Waals surface area contributed by atoms with Crippen LogP contribution in [-0.4, -0.2) is 21.5 Å². The third kappa shape index (κ3) is 2.41. The third-order valence-electron chi connectivity index (χ3n) is 2.23. The van der Waals surface area contributed by atoms with Crippen LogP contribution in [0.2, 0.25) is 0 Å². The van der Waals surface area contributed by atoms with Crippen LogP contribution in [0.4, 0.5) is 0 Å². The fourth-order valence-electron chi connectivity index (χ4n) is 1.44. The van der Waals surface area contributed by atoms with Crippen LogP contribution in [0.5, 0.6) is 0 Å². The Kier molecular flexibility index (Phi) is 3.09. The lowest BCUT2D eigenvalue weighted by Gasteiger charge is -1.95. The van der Waals surface area contributed by atoms with E-state index in [4.69, 9.17) is 5.73 Å². The Morgan fingerprint density at radius 3 is 2.80 bits per heavy atom. The van der Waals surface area contributed by atoms with Crippen LogP contribution < -0.4 is 5.73 Å². The fourth-order valence-corrected chi connectivity index (χ4v) is 1.44. The Hall–Kier alpha value is -1.68. The van der Waals surface area contributed by atoms with Crippen LogP contribution in [-0.2, 0) is 6.42 Å². The van der Waals surface area contributed by atoms with Gasteiger partial charge in [0.05, 0.1) is 0 Å². The molecule has 4 nitrogen and oxygen atoms in total. The second-order valence-electron chi connectivity index (χ2n) is 3.39. The number of hydrogen-bond acceptors (Lipinski definition) is 3. The summed E-state index contributed by atoms with van der Waals surface area (Å²) < 4.78 is 0. The molecule has 2 heterocycles. The smallest absolute Gasteiger partial charge is 0.137 e. The Morgan fingerprint density at radius 2 is 2.07 bits per heavy atom. The second-order valence-corrected chi connectivity index (χ2v) is 3.39.